The van der Waals surface area contributed by atoms with E-state index in [1.54, 1.807) is 30.3 Å². The molecule has 3 rings (SSSR count). The number of hydrogen-bond acceptors (Lipinski definition) is 5. The topological polar surface area (TPSA) is 64.6 Å². The highest BCUT2D eigenvalue weighted by Gasteiger charge is 2.20. The monoisotopic (exact) mass is 443 g/mol. The van der Waals surface area contributed by atoms with Gasteiger partial charge in [0.25, 0.3) is 5.91 Å². The molecular weight excluding hydrogens is 433 g/mol. The fraction of sp³-hybridized carbons (Fsp3) is 0.111. The van der Waals surface area contributed by atoms with Crippen LogP contribution in [0.5, 0.6) is 5.75 Å². The molecule has 2 aromatic carbocycles. The van der Waals surface area contributed by atoms with Gasteiger partial charge in [0.15, 0.2) is 6.61 Å². The molecule has 0 aliphatic rings. The lowest BCUT2D eigenvalue weighted by Gasteiger charge is -2.10. The molecular formula is C18H12Cl3NO4S. The Hall–Kier alpha value is -1.99. The average Bonchev–Trinajstić information content (AvgIpc) is 2.96. The molecule has 0 unspecified atom stereocenters. The van der Waals surface area contributed by atoms with E-state index in [0.717, 1.165) is 16.0 Å². The van der Waals surface area contributed by atoms with Gasteiger partial charge in [-0.15, -0.1) is 11.3 Å². The molecule has 1 N–H and O–H groups in total. The van der Waals surface area contributed by atoms with E-state index >= 15 is 0 Å². The molecule has 0 atom stereocenters. The van der Waals surface area contributed by atoms with Crippen molar-refractivity contribution in [1.29, 1.82) is 0 Å². The van der Waals surface area contributed by atoms with Crippen LogP contribution in [0.1, 0.15) is 9.67 Å². The molecule has 0 saturated carbocycles. The largest absolute Gasteiger partial charge is 0.495 e. The second-order valence-corrected chi connectivity index (χ2v) is 7.66. The molecule has 0 fully saturated rings. The van der Waals surface area contributed by atoms with Crippen molar-refractivity contribution in [3.8, 4) is 5.75 Å². The third-order valence-electron chi connectivity index (χ3n) is 3.55. The van der Waals surface area contributed by atoms with Gasteiger partial charge in [0, 0.05) is 20.1 Å². The Labute approximate surface area is 173 Å². The van der Waals surface area contributed by atoms with Crippen LogP contribution >= 0.6 is 46.1 Å². The summed E-state index contributed by atoms with van der Waals surface area (Å²) in [6.45, 7) is -0.486. The lowest BCUT2D eigenvalue weighted by molar-refractivity contribution is -0.119. The molecule has 3 aromatic rings. The van der Waals surface area contributed by atoms with Gasteiger partial charge in [-0.05, 0) is 30.3 Å². The zero-order valence-electron chi connectivity index (χ0n) is 13.8. The first-order valence-corrected chi connectivity index (χ1v) is 9.52. The number of ether oxygens (including phenoxy) is 2. The summed E-state index contributed by atoms with van der Waals surface area (Å²) in [4.78, 5) is 24.6. The van der Waals surface area contributed by atoms with Crippen LogP contribution in [0.4, 0.5) is 5.69 Å². The SMILES string of the molecule is COc1ccc(Cl)cc1NC(=O)COC(=O)c1sc2cc(Cl)ccc2c1Cl. The number of fused-ring (bicyclic) bond motifs is 1. The molecule has 0 saturated heterocycles. The summed E-state index contributed by atoms with van der Waals surface area (Å²) in [5, 5.41) is 4.52. The Morgan fingerprint density at radius 1 is 1.07 bits per heavy atom. The highest BCUT2D eigenvalue weighted by molar-refractivity contribution is 7.21. The predicted molar refractivity (Wildman–Crippen MR) is 109 cm³/mol. The first kappa shape index (κ1) is 19.8. The third kappa shape index (κ3) is 4.47. The Morgan fingerprint density at radius 3 is 2.52 bits per heavy atom. The Kier molecular flexibility index (Phi) is 6.11. The molecule has 0 bridgehead atoms. The highest BCUT2D eigenvalue weighted by Crippen LogP contribution is 2.37. The number of rotatable bonds is 5. The number of halogens is 3. The molecule has 140 valence electrons. The van der Waals surface area contributed by atoms with Crippen molar-refractivity contribution in [2.24, 2.45) is 0 Å². The van der Waals surface area contributed by atoms with Crippen molar-refractivity contribution in [3.05, 3.63) is 56.3 Å². The van der Waals surface area contributed by atoms with E-state index in [2.05, 4.69) is 5.32 Å². The van der Waals surface area contributed by atoms with Crippen molar-refractivity contribution in [2.45, 2.75) is 0 Å². The number of methoxy groups -OCH3 is 1. The molecule has 0 aliphatic carbocycles. The Balaban J connectivity index is 1.68. The first-order chi connectivity index (χ1) is 12.9. The molecule has 1 aromatic heterocycles. The number of amides is 1. The van der Waals surface area contributed by atoms with Crippen LogP contribution in [-0.4, -0.2) is 25.6 Å². The fourth-order valence-electron chi connectivity index (χ4n) is 2.33. The molecule has 0 radical (unpaired) electrons. The maximum atomic E-state index is 12.3. The van der Waals surface area contributed by atoms with Crippen molar-refractivity contribution in [1.82, 2.24) is 0 Å². The number of thiophene rings is 1. The average molecular weight is 445 g/mol. The third-order valence-corrected chi connectivity index (χ3v) is 5.65. The molecule has 9 heteroatoms. The second kappa shape index (κ2) is 8.35. The van der Waals surface area contributed by atoms with E-state index in [0.29, 0.717) is 26.9 Å². The van der Waals surface area contributed by atoms with Gasteiger partial charge in [-0.3, -0.25) is 4.79 Å². The smallest absolute Gasteiger partial charge is 0.350 e. The molecule has 0 spiro atoms. The van der Waals surface area contributed by atoms with E-state index in [-0.39, 0.29) is 9.90 Å². The molecule has 5 nitrogen and oxygen atoms in total. The number of carbonyl (C=O) groups is 2. The molecule has 1 amide bonds. The first-order valence-electron chi connectivity index (χ1n) is 7.57. The second-order valence-electron chi connectivity index (χ2n) is 5.35. The van der Waals surface area contributed by atoms with E-state index < -0.39 is 18.5 Å². The van der Waals surface area contributed by atoms with Crippen molar-refractivity contribution >= 4 is 73.8 Å². The molecule has 27 heavy (non-hydrogen) atoms. The van der Waals surface area contributed by atoms with Crippen LogP contribution in [0, 0.1) is 0 Å². The standard InChI is InChI=1S/C18H12Cl3NO4S/c1-25-13-5-3-9(19)6-12(13)22-15(23)8-26-18(24)17-16(21)11-4-2-10(20)7-14(11)27-17/h2-7H,8H2,1H3,(H,22,23). The van der Waals surface area contributed by atoms with Crippen LogP contribution in [0.2, 0.25) is 15.1 Å². The molecule has 1 heterocycles. The zero-order valence-corrected chi connectivity index (χ0v) is 16.9. The van der Waals surface area contributed by atoms with Gasteiger partial charge in [-0.2, -0.15) is 0 Å². The number of hydrogen-bond donors (Lipinski definition) is 1. The number of carbonyl (C=O) groups excluding carboxylic acids is 2. The van der Waals surface area contributed by atoms with Gasteiger partial charge in [0.2, 0.25) is 0 Å². The maximum absolute atomic E-state index is 12.3. The minimum Gasteiger partial charge on any atom is -0.495 e. The summed E-state index contributed by atoms with van der Waals surface area (Å²) in [5.41, 5.74) is 0.376. The Bertz CT molecular complexity index is 1030. The number of anilines is 1. The van der Waals surface area contributed by atoms with Gasteiger partial charge in [-0.25, -0.2) is 4.79 Å². The normalized spacial score (nSPS) is 10.7. The zero-order chi connectivity index (χ0) is 19.6. The van der Waals surface area contributed by atoms with Gasteiger partial charge < -0.3 is 14.8 Å². The Morgan fingerprint density at radius 2 is 1.78 bits per heavy atom. The highest BCUT2D eigenvalue weighted by atomic mass is 35.5. The van der Waals surface area contributed by atoms with E-state index in [4.69, 9.17) is 44.3 Å². The summed E-state index contributed by atoms with van der Waals surface area (Å²) < 4.78 is 11.0. The number of nitrogens with one attached hydrogen (secondary N) is 1. The van der Waals surface area contributed by atoms with Gasteiger partial charge in [-0.1, -0.05) is 40.9 Å². The van der Waals surface area contributed by atoms with E-state index in [9.17, 15) is 9.59 Å². The maximum Gasteiger partial charge on any atom is 0.350 e. The fourth-order valence-corrected chi connectivity index (χ4v) is 4.18. The van der Waals surface area contributed by atoms with Crippen LogP contribution in [0.3, 0.4) is 0 Å². The van der Waals surface area contributed by atoms with Crippen LogP contribution in [-0.2, 0) is 9.53 Å². The van der Waals surface area contributed by atoms with Gasteiger partial charge in [0.05, 0.1) is 17.8 Å². The summed E-state index contributed by atoms with van der Waals surface area (Å²) in [5.74, 6) is -0.793. The number of esters is 1. The minimum absolute atomic E-state index is 0.210. The molecule has 0 aliphatic heterocycles. The van der Waals surface area contributed by atoms with Gasteiger partial charge >= 0.3 is 5.97 Å². The summed E-state index contributed by atoms with van der Waals surface area (Å²) in [7, 11) is 1.47. The lowest BCUT2D eigenvalue weighted by atomic mass is 10.2. The van der Waals surface area contributed by atoms with E-state index in [1.165, 1.54) is 13.2 Å². The predicted octanol–water partition coefficient (Wildman–Crippen LogP) is 5.67. The van der Waals surface area contributed by atoms with Crippen molar-refractivity contribution < 1.29 is 19.1 Å². The van der Waals surface area contributed by atoms with Crippen molar-refractivity contribution in [2.75, 3.05) is 19.0 Å². The summed E-state index contributed by atoms with van der Waals surface area (Å²) >= 11 is 19.3. The summed E-state index contributed by atoms with van der Waals surface area (Å²) in [6, 6.07) is 9.90. The van der Waals surface area contributed by atoms with E-state index in [1.807, 2.05) is 0 Å². The van der Waals surface area contributed by atoms with Crippen LogP contribution in [0.25, 0.3) is 10.1 Å². The quantitative estimate of drug-likeness (QED) is 0.515. The van der Waals surface area contributed by atoms with Crippen molar-refractivity contribution in [3.63, 3.8) is 0 Å². The summed E-state index contributed by atoms with van der Waals surface area (Å²) in [6.07, 6.45) is 0. The van der Waals surface area contributed by atoms with Crippen LogP contribution in [0.15, 0.2) is 36.4 Å². The minimum atomic E-state index is -0.689. The number of benzene rings is 2. The van der Waals surface area contributed by atoms with Gasteiger partial charge in [0.1, 0.15) is 10.6 Å². The lowest BCUT2D eigenvalue weighted by Crippen LogP contribution is -2.21. The van der Waals surface area contributed by atoms with Crippen LogP contribution < -0.4 is 10.1 Å².